The quantitative estimate of drug-likeness (QED) is 0.713. The molecule has 0 spiro atoms. The molecular formula is C19H29N5O2. The van der Waals surface area contributed by atoms with E-state index in [2.05, 4.69) is 21.6 Å². The number of carbonyl (C=O) groups is 1. The summed E-state index contributed by atoms with van der Waals surface area (Å²) in [6.07, 6.45) is 5.94. The van der Waals surface area contributed by atoms with Gasteiger partial charge in [0.25, 0.3) is 5.91 Å². The largest absolute Gasteiger partial charge is 0.380 e. The van der Waals surface area contributed by atoms with Crippen molar-refractivity contribution in [1.29, 1.82) is 0 Å². The highest BCUT2D eigenvalue weighted by molar-refractivity contribution is 5.92. The number of imidazole rings is 1. The van der Waals surface area contributed by atoms with Gasteiger partial charge >= 0.3 is 0 Å². The minimum atomic E-state index is 0.0569. The Labute approximate surface area is 155 Å². The molecule has 1 fully saturated rings. The minimum absolute atomic E-state index is 0.0569. The van der Waals surface area contributed by atoms with Crippen molar-refractivity contribution in [3.05, 3.63) is 35.7 Å². The van der Waals surface area contributed by atoms with Crippen molar-refractivity contribution in [3.63, 3.8) is 0 Å². The molecule has 7 heteroatoms. The van der Waals surface area contributed by atoms with Gasteiger partial charge in [-0.1, -0.05) is 0 Å². The SMILES string of the molecule is CCOCCn1nc(C)cc1C(=O)N1CCCC(c2nccn2CC)C1. The van der Waals surface area contributed by atoms with Crippen molar-refractivity contribution in [2.75, 3.05) is 26.3 Å². The number of amides is 1. The highest BCUT2D eigenvalue weighted by Gasteiger charge is 2.29. The van der Waals surface area contributed by atoms with Gasteiger partial charge in [0.1, 0.15) is 11.5 Å². The van der Waals surface area contributed by atoms with Gasteiger partial charge in [-0.2, -0.15) is 5.10 Å². The maximum absolute atomic E-state index is 13.1. The third-order valence-corrected chi connectivity index (χ3v) is 4.93. The van der Waals surface area contributed by atoms with Gasteiger partial charge in [0, 0.05) is 44.6 Å². The fourth-order valence-electron chi connectivity index (χ4n) is 3.67. The second-order valence-electron chi connectivity index (χ2n) is 6.75. The Morgan fingerprint density at radius 2 is 2.23 bits per heavy atom. The molecule has 0 radical (unpaired) electrons. The number of hydrogen-bond donors (Lipinski definition) is 0. The van der Waals surface area contributed by atoms with Gasteiger partial charge in [-0.05, 0) is 39.7 Å². The number of nitrogens with zero attached hydrogens (tertiary/aromatic N) is 5. The van der Waals surface area contributed by atoms with Gasteiger partial charge in [-0.3, -0.25) is 9.48 Å². The molecule has 1 unspecified atom stereocenters. The molecule has 142 valence electrons. The molecule has 3 heterocycles. The van der Waals surface area contributed by atoms with Crippen molar-refractivity contribution >= 4 is 5.91 Å². The molecule has 7 nitrogen and oxygen atoms in total. The summed E-state index contributed by atoms with van der Waals surface area (Å²) < 4.78 is 9.38. The third-order valence-electron chi connectivity index (χ3n) is 4.93. The van der Waals surface area contributed by atoms with Gasteiger partial charge in [0.05, 0.1) is 18.8 Å². The van der Waals surface area contributed by atoms with Crippen LogP contribution in [0.15, 0.2) is 18.5 Å². The Bertz CT molecular complexity index is 736. The van der Waals surface area contributed by atoms with E-state index in [0.717, 1.165) is 37.4 Å². The Kier molecular flexibility index (Phi) is 6.08. The first kappa shape index (κ1) is 18.6. The minimum Gasteiger partial charge on any atom is -0.380 e. The van der Waals surface area contributed by atoms with Crippen molar-refractivity contribution in [1.82, 2.24) is 24.2 Å². The van der Waals surface area contributed by atoms with Crippen LogP contribution >= 0.6 is 0 Å². The van der Waals surface area contributed by atoms with Crippen molar-refractivity contribution in [3.8, 4) is 0 Å². The molecule has 1 atom stereocenters. The molecule has 2 aromatic heterocycles. The van der Waals surface area contributed by atoms with E-state index >= 15 is 0 Å². The summed E-state index contributed by atoms with van der Waals surface area (Å²) >= 11 is 0. The lowest BCUT2D eigenvalue weighted by Crippen LogP contribution is -2.40. The Hall–Kier alpha value is -2.15. The summed E-state index contributed by atoms with van der Waals surface area (Å²) in [6.45, 7) is 10.2. The summed E-state index contributed by atoms with van der Waals surface area (Å²) in [6, 6.07) is 1.88. The fraction of sp³-hybridized carbons (Fsp3) is 0.632. The average molecular weight is 359 g/mol. The molecule has 3 rings (SSSR count). The van der Waals surface area contributed by atoms with E-state index in [-0.39, 0.29) is 5.91 Å². The van der Waals surface area contributed by atoms with Crippen LogP contribution in [0.5, 0.6) is 0 Å². The zero-order chi connectivity index (χ0) is 18.5. The standard InChI is InChI=1S/C19H29N5O2/c1-4-22-10-8-20-18(22)16-7-6-9-23(14-16)19(25)17-13-15(3)21-24(17)11-12-26-5-2/h8,10,13,16H,4-7,9,11-12,14H2,1-3H3. The monoisotopic (exact) mass is 359 g/mol. The van der Waals surface area contributed by atoms with Crippen LogP contribution in [-0.2, 0) is 17.8 Å². The Morgan fingerprint density at radius 1 is 1.38 bits per heavy atom. The fourth-order valence-corrected chi connectivity index (χ4v) is 3.67. The summed E-state index contributed by atoms with van der Waals surface area (Å²) in [5.74, 6) is 1.44. The number of rotatable bonds is 7. The first-order valence-corrected chi connectivity index (χ1v) is 9.56. The molecule has 1 saturated heterocycles. The molecule has 0 aliphatic carbocycles. The third kappa shape index (κ3) is 3.98. The van der Waals surface area contributed by atoms with E-state index in [4.69, 9.17) is 4.74 Å². The molecule has 0 bridgehead atoms. The van der Waals surface area contributed by atoms with Crippen LogP contribution in [0.4, 0.5) is 0 Å². The predicted octanol–water partition coefficient (Wildman–Crippen LogP) is 2.46. The van der Waals surface area contributed by atoms with Crippen molar-refractivity contribution in [2.24, 2.45) is 0 Å². The van der Waals surface area contributed by atoms with Crippen molar-refractivity contribution in [2.45, 2.75) is 52.6 Å². The normalized spacial score (nSPS) is 17.7. The number of aryl methyl sites for hydroxylation is 2. The second kappa shape index (κ2) is 8.49. The molecule has 1 aliphatic heterocycles. The Balaban J connectivity index is 1.73. The molecule has 0 aromatic carbocycles. The van der Waals surface area contributed by atoms with E-state index in [1.165, 1.54) is 0 Å². The molecule has 26 heavy (non-hydrogen) atoms. The smallest absolute Gasteiger partial charge is 0.272 e. The van der Waals surface area contributed by atoms with Crippen LogP contribution in [0, 0.1) is 6.92 Å². The van der Waals surface area contributed by atoms with Crippen molar-refractivity contribution < 1.29 is 9.53 Å². The van der Waals surface area contributed by atoms with E-state index in [1.54, 1.807) is 4.68 Å². The van der Waals surface area contributed by atoms with Gasteiger partial charge in [0.2, 0.25) is 0 Å². The summed E-state index contributed by atoms with van der Waals surface area (Å²) in [4.78, 5) is 19.6. The second-order valence-corrected chi connectivity index (χ2v) is 6.75. The first-order chi connectivity index (χ1) is 12.6. The van der Waals surface area contributed by atoms with Crippen LogP contribution in [0.2, 0.25) is 0 Å². The number of aromatic nitrogens is 4. The van der Waals surface area contributed by atoms with E-state index in [1.807, 2.05) is 37.2 Å². The Morgan fingerprint density at radius 3 is 3.00 bits per heavy atom. The summed E-state index contributed by atoms with van der Waals surface area (Å²) in [5.41, 5.74) is 1.52. The zero-order valence-electron chi connectivity index (χ0n) is 16.0. The van der Waals surface area contributed by atoms with E-state index in [9.17, 15) is 4.79 Å². The lowest BCUT2D eigenvalue weighted by Gasteiger charge is -2.32. The molecule has 0 N–H and O–H groups in total. The molecule has 1 amide bonds. The lowest BCUT2D eigenvalue weighted by atomic mass is 9.96. The number of piperidine rings is 1. The van der Waals surface area contributed by atoms with E-state index in [0.29, 0.717) is 37.9 Å². The number of likely N-dealkylation sites (tertiary alicyclic amines) is 1. The lowest BCUT2D eigenvalue weighted by molar-refractivity contribution is 0.0685. The highest BCUT2D eigenvalue weighted by Crippen LogP contribution is 2.27. The summed E-state index contributed by atoms with van der Waals surface area (Å²) in [7, 11) is 0. The highest BCUT2D eigenvalue weighted by atomic mass is 16.5. The molecule has 1 aliphatic rings. The average Bonchev–Trinajstić information content (AvgIpc) is 3.27. The van der Waals surface area contributed by atoms with Crippen LogP contribution in [0.1, 0.15) is 54.6 Å². The maximum Gasteiger partial charge on any atom is 0.272 e. The van der Waals surface area contributed by atoms with Gasteiger partial charge < -0.3 is 14.2 Å². The molecule has 2 aromatic rings. The maximum atomic E-state index is 13.1. The van der Waals surface area contributed by atoms with E-state index < -0.39 is 0 Å². The van der Waals surface area contributed by atoms with Gasteiger partial charge in [0.15, 0.2) is 0 Å². The van der Waals surface area contributed by atoms with Crippen LogP contribution in [-0.4, -0.2) is 56.4 Å². The number of carbonyl (C=O) groups excluding carboxylic acids is 1. The molecular weight excluding hydrogens is 330 g/mol. The van der Waals surface area contributed by atoms with Crippen LogP contribution in [0.25, 0.3) is 0 Å². The number of hydrogen-bond acceptors (Lipinski definition) is 4. The zero-order valence-corrected chi connectivity index (χ0v) is 16.0. The molecule has 0 saturated carbocycles. The number of ether oxygens (including phenoxy) is 1. The van der Waals surface area contributed by atoms with Gasteiger partial charge in [-0.25, -0.2) is 4.98 Å². The van der Waals surface area contributed by atoms with Gasteiger partial charge in [-0.15, -0.1) is 0 Å². The predicted molar refractivity (Wildman–Crippen MR) is 99.2 cm³/mol. The summed E-state index contributed by atoms with van der Waals surface area (Å²) in [5, 5.41) is 4.47. The van der Waals surface area contributed by atoms with Crippen LogP contribution < -0.4 is 0 Å². The topological polar surface area (TPSA) is 65.2 Å². The first-order valence-electron chi connectivity index (χ1n) is 9.56. The van der Waals surface area contributed by atoms with Crippen LogP contribution in [0.3, 0.4) is 0 Å².